The Kier molecular flexibility index (Phi) is 4.38. The fourth-order valence-electron chi connectivity index (χ4n) is 2.74. The summed E-state index contributed by atoms with van der Waals surface area (Å²) in [7, 11) is 0. The Bertz CT molecular complexity index is 731. The number of amides is 1. The number of aromatic nitrogens is 1. The van der Waals surface area contributed by atoms with Crippen molar-refractivity contribution in [1.82, 2.24) is 9.88 Å². The molecule has 1 aliphatic carbocycles. The lowest BCUT2D eigenvalue weighted by Gasteiger charge is -2.22. The van der Waals surface area contributed by atoms with Gasteiger partial charge in [0.05, 0.1) is 5.52 Å². The van der Waals surface area contributed by atoms with Crippen LogP contribution in [0, 0.1) is 0 Å². The van der Waals surface area contributed by atoms with Crippen LogP contribution in [0.4, 0.5) is 4.79 Å². The van der Waals surface area contributed by atoms with Crippen molar-refractivity contribution in [3.63, 3.8) is 0 Å². The fourth-order valence-corrected chi connectivity index (χ4v) is 2.90. The van der Waals surface area contributed by atoms with Crippen molar-refractivity contribution in [2.75, 3.05) is 0 Å². The van der Waals surface area contributed by atoms with Gasteiger partial charge in [0, 0.05) is 17.1 Å². The smallest absolute Gasteiger partial charge is 0.422 e. The minimum atomic E-state index is -0.581. The first-order valence-electron chi connectivity index (χ1n) is 7.35. The van der Waals surface area contributed by atoms with Crippen LogP contribution < -0.4 is 11.1 Å². The minimum Gasteiger partial charge on any atom is -0.428 e. The number of hydrogen-bond acceptors (Lipinski definition) is 4. The Balaban J connectivity index is 1.64. The largest absolute Gasteiger partial charge is 0.428 e. The predicted molar refractivity (Wildman–Crippen MR) is 82.0 cm³/mol. The number of benzene rings is 1. The molecule has 1 aromatic carbocycles. The number of nitrogens with zero attached hydrogens (tertiary/aromatic N) is 1. The highest BCUT2D eigenvalue weighted by atomic mass is 35.5. The Labute approximate surface area is 132 Å². The molecule has 118 valence electrons. The predicted octanol–water partition coefficient (Wildman–Crippen LogP) is 3.26. The molecule has 1 heterocycles. The van der Waals surface area contributed by atoms with Gasteiger partial charge < -0.3 is 14.5 Å². The first-order valence-corrected chi connectivity index (χ1v) is 7.73. The van der Waals surface area contributed by atoms with E-state index in [1.54, 1.807) is 18.2 Å². The highest BCUT2D eigenvalue weighted by molar-refractivity contribution is 6.31. The quantitative estimate of drug-likeness (QED) is 0.940. The van der Waals surface area contributed by atoms with Crippen LogP contribution in [0.15, 0.2) is 27.4 Å². The number of rotatable bonds is 3. The van der Waals surface area contributed by atoms with E-state index in [-0.39, 0.29) is 12.8 Å². The lowest BCUT2D eigenvalue weighted by Crippen LogP contribution is -2.37. The summed E-state index contributed by atoms with van der Waals surface area (Å²) in [5.74, 6) is -0.581. The van der Waals surface area contributed by atoms with Crippen molar-refractivity contribution in [2.24, 2.45) is 0 Å². The molecule has 0 unspecified atom stereocenters. The summed E-state index contributed by atoms with van der Waals surface area (Å²) in [6.45, 7) is -0.188. The minimum absolute atomic E-state index is 0.165. The number of hydrogen-bond donors (Lipinski definition) is 1. The standard InChI is InChI=1S/C15H17ClN2O4/c16-10-6-7-12-13(8-10)22-15(20)18(12)9-21-14(19)17-11-4-2-1-3-5-11/h6-8,11H,1-5,9H2,(H,17,19). The molecule has 3 rings (SSSR count). The van der Waals surface area contributed by atoms with Gasteiger partial charge in [0.2, 0.25) is 0 Å². The molecule has 2 aromatic rings. The molecule has 1 saturated carbocycles. The molecule has 1 amide bonds. The molecule has 1 aromatic heterocycles. The molecule has 1 N–H and O–H groups in total. The van der Waals surface area contributed by atoms with Crippen molar-refractivity contribution in [3.8, 4) is 0 Å². The van der Waals surface area contributed by atoms with Crippen LogP contribution in [0.2, 0.25) is 5.02 Å². The van der Waals surface area contributed by atoms with Crippen molar-refractivity contribution in [3.05, 3.63) is 33.8 Å². The molecule has 0 spiro atoms. The molecule has 6 nitrogen and oxygen atoms in total. The number of ether oxygens (including phenoxy) is 1. The van der Waals surface area contributed by atoms with Crippen LogP contribution >= 0.6 is 11.6 Å². The SMILES string of the molecule is O=C(NC1CCCCC1)OCn1c(=O)oc2cc(Cl)ccc21. The highest BCUT2D eigenvalue weighted by Crippen LogP contribution is 2.19. The van der Waals surface area contributed by atoms with Crippen LogP contribution in [0.1, 0.15) is 32.1 Å². The second-order valence-electron chi connectivity index (χ2n) is 5.45. The number of nitrogens with one attached hydrogen (secondary N) is 1. The second kappa shape index (κ2) is 6.44. The van der Waals surface area contributed by atoms with E-state index in [2.05, 4.69) is 5.32 Å². The topological polar surface area (TPSA) is 73.5 Å². The van der Waals surface area contributed by atoms with Gasteiger partial charge in [-0.25, -0.2) is 14.2 Å². The molecule has 0 bridgehead atoms. The summed E-state index contributed by atoms with van der Waals surface area (Å²) in [5.41, 5.74) is 0.911. The van der Waals surface area contributed by atoms with Gasteiger partial charge in [-0.1, -0.05) is 30.9 Å². The zero-order chi connectivity index (χ0) is 15.5. The van der Waals surface area contributed by atoms with Crippen LogP contribution in [-0.4, -0.2) is 16.7 Å². The normalized spacial score (nSPS) is 15.9. The number of carbonyl (C=O) groups excluding carboxylic acids is 1. The van der Waals surface area contributed by atoms with Gasteiger partial charge in [0.15, 0.2) is 12.3 Å². The molecule has 1 aliphatic rings. The van der Waals surface area contributed by atoms with E-state index in [4.69, 9.17) is 20.8 Å². The Hall–Kier alpha value is -1.95. The summed E-state index contributed by atoms with van der Waals surface area (Å²) in [6, 6.07) is 5.03. The van der Waals surface area contributed by atoms with E-state index in [0.29, 0.717) is 16.1 Å². The fraction of sp³-hybridized carbons (Fsp3) is 0.467. The maximum atomic E-state index is 11.8. The molecule has 0 aliphatic heterocycles. The number of oxazole rings is 1. The Morgan fingerprint density at radius 3 is 2.91 bits per heavy atom. The van der Waals surface area contributed by atoms with Crippen molar-refractivity contribution >= 4 is 28.8 Å². The lowest BCUT2D eigenvalue weighted by atomic mass is 9.96. The van der Waals surface area contributed by atoms with Crippen molar-refractivity contribution in [1.29, 1.82) is 0 Å². The Morgan fingerprint density at radius 2 is 2.14 bits per heavy atom. The molecule has 7 heteroatoms. The molecule has 1 fully saturated rings. The maximum absolute atomic E-state index is 11.8. The van der Waals surface area contributed by atoms with Gasteiger partial charge in [0.25, 0.3) is 0 Å². The van der Waals surface area contributed by atoms with Gasteiger partial charge in [0.1, 0.15) is 0 Å². The average molecular weight is 325 g/mol. The van der Waals surface area contributed by atoms with E-state index in [1.807, 2.05) is 0 Å². The third kappa shape index (κ3) is 3.27. The molecular weight excluding hydrogens is 308 g/mol. The van der Waals surface area contributed by atoms with E-state index >= 15 is 0 Å². The van der Waals surface area contributed by atoms with Crippen LogP contribution in [-0.2, 0) is 11.5 Å². The monoisotopic (exact) mass is 324 g/mol. The van der Waals surface area contributed by atoms with Crippen molar-refractivity contribution in [2.45, 2.75) is 44.9 Å². The molecule has 0 saturated heterocycles. The lowest BCUT2D eigenvalue weighted by molar-refractivity contribution is 0.107. The highest BCUT2D eigenvalue weighted by Gasteiger charge is 2.17. The van der Waals surface area contributed by atoms with Crippen LogP contribution in [0.25, 0.3) is 11.1 Å². The molecule has 0 atom stereocenters. The first kappa shape index (κ1) is 15.0. The van der Waals surface area contributed by atoms with Crippen molar-refractivity contribution < 1.29 is 13.9 Å². The van der Waals surface area contributed by atoms with Gasteiger partial charge in [-0.15, -0.1) is 0 Å². The summed E-state index contributed by atoms with van der Waals surface area (Å²) in [4.78, 5) is 23.6. The third-order valence-corrected chi connectivity index (χ3v) is 4.12. The second-order valence-corrected chi connectivity index (χ2v) is 5.88. The van der Waals surface area contributed by atoms with Crippen LogP contribution in [0.3, 0.4) is 0 Å². The summed E-state index contributed by atoms with van der Waals surface area (Å²) in [5, 5.41) is 3.31. The zero-order valence-electron chi connectivity index (χ0n) is 12.0. The third-order valence-electron chi connectivity index (χ3n) is 3.88. The van der Waals surface area contributed by atoms with E-state index in [1.165, 1.54) is 11.0 Å². The average Bonchev–Trinajstić information content (AvgIpc) is 2.80. The van der Waals surface area contributed by atoms with E-state index in [9.17, 15) is 9.59 Å². The zero-order valence-corrected chi connectivity index (χ0v) is 12.8. The first-order chi connectivity index (χ1) is 10.6. The maximum Gasteiger partial charge on any atom is 0.422 e. The molecular formula is C15H17ClN2O4. The number of alkyl carbamates (subject to hydrolysis) is 1. The number of carbonyl (C=O) groups is 1. The summed E-state index contributed by atoms with van der Waals surface area (Å²) in [6.07, 6.45) is 4.90. The van der Waals surface area contributed by atoms with E-state index < -0.39 is 11.8 Å². The van der Waals surface area contributed by atoms with Gasteiger partial charge in [-0.05, 0) is 25.0 Å². The van der Waals surface area contributed by atoms with E-state index in [0.717, 1.165) is 25.7 Å². The summed E-state index contributed by atoms with van der Waals surface area (Å²) >= 11 is 5.85. The van der Waals surface area contributed by atoms with Gasteiger partial charge >= 0.3 is 11.8 Å². The van der Waals surface area contributed by atoms with Gasteiger partial charge in [-0.2, -0.15) is 0 Å². The number of fused-ring (bicyclic) bond motifs is 1. The Morgan fingerprint density at radius 1 is 1.36 bits per heavy atom. The van der Waals surface area contributed by atoms with Crippen LogP contribution in [0.5, 0.6) is 0 Å². The summed E-state index contributed by atoms with van der Waals surface area (Å²) < 4.78 is 11.5. The molecule has 22 heavy (non-hydrogen) atoms. The number of halogens is 1. The van der Waals surface area contributed by atoms with Gasteiger partial charge in [-0.3, -0.25) is 0 Å². The molecule has 0 radical (unpaired) electrons.